The molecule has 0 bridgehead atoms. The van der Waals surface area contributed by atoms with E-state index in [0.717, 1.165) is 16.1 Å². The van der Waals surface area contributed by atoms with Crippen LogP contribution < -0.4 is 14.4 Å². The van der Waals surface area contributed by atoms with Gasteiger partial charge in [-0.2, -0.15) is 0 Å². The number of rotatable bonds is 6. The second-order valence-electron chi connectivity index (χ2n) is 5.59. The molecule has 6 nitrogen and oxygen atoms in total. The second kappa shape index (κ2) is 8.16. The fourth-order valence-corrected chi connectivity index (χ4v) is 3.65. The SMILES string of the molecule is COc1ccc(C)cc1N(CC(=O)Nc1c(Cl)cccc1Cl)S(C)(=O)=O. The molecule has 0 aliphatic heterocycles. The number of hydrogen-bond acceptors (Lipinski definition) is 4. The maximum absolute atomic E-state index is 12.5. The number of anilines is 2. The van der Waals surface area contributed by atoms with Crippen LogP contribution in [0.3, 0.4) is 0 Å². The van der Waals surface area contributed by atoms with E-state index in [0.29, 0.717) is 5.75 Å². The Hall–Kier alpha value is -1.96. The molecule has 0 atom stereocenters. The molecule has 0 unspecified atom stereocenters. The topological polar surface area (TPSA) is 75.7 Å². The summed E-state index contributed by atoms with van der Waals surface area (Å²) in [6.07, 6.45) is 1.02. The van der Waals surface area contributed by atoms with E-state index in [1.54, 1.807) is 36.4 Å². The average molecular weight is 417 g/mol. The molecule has 1 N–H and O–H groups in total. The monoisotopic (exact) mass is 416 g/mol. The molecule has 26 heavy (non-hydrogen) atoms. The Labute approximate surface area is 162 Å². The number of methoxy groups -OCH3 is 1. The molecular formula is C17H18Cl2N2O4S. The summed E-state index contributed by atoms with van der Waals surface area (Å²) in [5, 5.41) is 3.06. The molecule has 0 radical (unpaired) electrons. The van der Waals surface area contributed by atoms with E-state index in [2.05, 4.69) is 5.32 Å². The highest BCUT2D eigenvalue weighted by atomic mass is 35.5. The first-order chi connectivity index (χ1) is 12.1. The van der Waals surface area contributed by atoms with Crippen molar-refractivity contribution in [2.75, 3.05) is 29.5 Å². The normalized spacial score (nSPS) is 11.1. The van der Waals surface area contributed by atoms with Gasteiger partial charge in [0.15, 0.2) is 0 Å². The van der Waals surface area contributed by atoms with Crippen molar-refractivity contribution in [1.29, 1.82) is 0 Å². The van der Waals surface area contributed by atoms with Crippen molar-refractivity contribution in [3.63, 3.8) is 0 Å². The molecule has 1 amide bonds. The third kappa shape index (κ3) is 4.81. The molecule has 0 saturated heterocycles. The number of aryl methyl sites for hydroxylation is 1. The van der Waals surface area contributed by atoms with Crippen molar-refractivity contribution in [3.05, 3.63) is 52.0 Å². The number of nitrogens with zero attached hydrogens (tertiary/aromatic N) is 1. The molecule has 0 saturated carbocycles. The minimum absolute atomic E-state index is 0.227. The van der Waals surface area contributed by atoms with E-state index in [1.807, 2.05) is 6.92 Å². The molecule has 2 aromatic rings. The summed E-state index contributed by atoms with van der Waals surface area (Å²) in [5.74, 6) is -0.251. The van der Waals surface area contributed by atoms with Crippen LogP contribution in [0.2, 0.25) is 10.0 Å². The Morgan fingerprint density at radius 1 is 1.19 bits per heavy atom. The number of amides is 1. The van der Waals surface area contributed by atoms with Crippen molar-refractivity contribution in [1.82, 2.24) is 0 Å². The third-order valence-electron chi connectivity index (χ3n) is 3.52. The summed E-state index contributed by atoms with van der Waals surface area (Å²) < 4.78 is 30.7. The number of sulfonamides is 1. The molecule has 0 aliphatic carbocycles. The van der Waals surface area contributed by atoms with Gasteiger partial charge >= 0.3 is 0 Å². The quantitative estimate of drug-likeness (QED) is 0.778. The van der Waals surface area contributed by atoms with Gasteiger partial charge in [-0.3, -0.25) is 9.10 Å². The summed E-state index contributed by atoms with van der Waals surface area (Å²) in [7, 11) is -2.32. The molecule has 0 aromatic heterocycles. The zero-order chi connectivity index (χ0) is 19.5. The van der Waals surface area contributed by atoms with Crippen LogP contribution in [-0.2, 0) is 14.8 Å². The van der Waals surface area contributed by atoms with Crippen molar-refractivity contribution >= 4 is 50.5 Å². The highest BCUT2D eigenvalue weighted by Gasteiger charge is 2.24. The van der Waals surface area contributed by atoms with E-state index < -0.39 is 22.5 Å². The van der Waals surface area contributed by atoms with E-state index in [9.17, 15) is 13.2 Å². The number of halogens is 2. The lowest BCUT2D eigenvalue weighted by Crippen LogP contribution is -2.37. The van der Waals surface area contributed by atoms with Gasteiger partial charge in [-0.1, -0.05) is 35.3 Å². The highest BCUT2D eigenvalue weighted by Crippen LogP contribution is 2.32. The number of nitrogens with one attached hydrogen (secondary N) is 1. The number of hydrogen-bond donors (Lipinski definition) is 1. The van der Waals surface area contributed by atoms with Crippen LogP contribution in [0.4, 0.5) is 11.4 Å². The molecule has 0 aliphatic rings. The molecule has 0 spiro atoms. The molecule has 0 heterocycles. The van der Waals surface area contributed by atoms with Crippen LogP contribution >= 0.6 is 23.2 Å². The number of carbonyl (C=O) groups excluding carboxylic acids is 1. The zero-order valence-electron chi connectivity index (χ0n) is 14.4. The number of benzene rings is 2. The van der Waals surface area contributed by atoms with Crippen LogP contribution in [-0.4, -0.2) is 34.2 Å². The fourth-order valence-electron chi connectivity index (χ4n) is 2.30. The highest BCUT2D eigenvalue weighted by molar-refractivity contribution is 7.92. The maximum atomic E-state index is 12.5. The lowest BCUT2D eigenvalue weighted by molar-refractivity contribution is -0.114. The summed E-state index contributed by atoms with van der Waals surface area (Å²) in [4.78, 5) is 12.5. The minimum Gasteiger partial charge on any atom is -0.495 e. The average Bonchev–Trinajstić information content (AvgIpc) is 2.55. The maximum Gasteiger partial charge on any atom is 0.245 e. The number of ether oxygens (including phenoxy) is 1. The van der Waals surface area contributed by atoms with Gasteiger partial charge in [0.05, 0.1) is 34.8 Å². The molecule has 140 valence electrons. The van der Waals surface area contributed by atoms with E-state index in [1.165, 1.54) is 7.11 Å². The standard InChI is InChI=1S/C17H18Cl2N2O4S/c1-11-7-8-15(25-2)14(9-11)21(26(3,23)24)10-16(22)20-17-12(18)5-4-6-13(17)19/h4-9H,10H2,1-3H3,(H,20,22). The van der Waals surface area contributed by atoms with Crippen LogP contribution in [0.15, 0.2) is 36.4 Å². The second-order valence-corrected chi connectivity index (χ2v) is 8.31. The molecule has 2 rings (SSSR count). The predicted octanol–water partition coefficient (Wildman–Crippen LogP) is 3.72. The molecular weight excluding hydrogens is 399 g/mol. The first-order valence-electron chi connectivity index (χ1n) is 7.49. The van der Waals surface area contributed by atoms with E-state index in [4.69, 9.17) is 27.9 Å². The fraction of sp³-hybridized carbons (Fsp3) is 0.235. The van der Waals surface area contributed by atoms with Gasteiger partial charge < -0.3 is 10.1 Å². The van der Waals surface area contributed by atoms with Crippen LogP contribution in [0.1, 0.15) is 5.56 Å². The lowest BCUT2D eigenvalue weighted by atomic mass is 10.2. The largest absolute Gasteiger partial charge is 0.495 e. The number of para-hydroxylation sites is 1. The van der Waals surface area contributed by atoms with E-state index >= 15 is 0 Å². The minimum atomic E-state index is -3.75. The van der Waals surface area contributed by atoms with Crippen LogP contribution in [0.25, 0.3) is 0 Å². The molecule has 2 aromatic carbocycles. The van der Waals surface area contributed by atoms with Gasteiger partial charge in [0.2, 0.25) is 15.9 Å². The van der Waals surface area contributed by atoms with Gasteiger partial charge in [0, 0.05) is 0 Å². The summed E-state index contributed by atoms with van der Waals surface area (Å²) >= 11 is 12.1. The first kappa shape index (κ1) is 20.4. The van der Waals surface area contributed by atoms with E-state index in [-0.39, 0.29) is 21.4 Å². The van der Waals surface area contributed by atoms with Crippen LogP contribution in [0, 0.1) is 6.92 Å². The lowest BCUT2D eigenvalue weighted by Gasteiger charge is -2.24. The zero-order valence-corrected chi connectivity index (χ0v) is 16.7. The predicted molar refractivity (Wildman–Crippen MR) is 105 cm³/mol. The summed E-state index contributed by atoms with van der Waals surface area (Å²) in [5.41, 5.74) is 1.32. The van der Waals surface area contributed by atoms with Crippen molar-refractivity contribution in [2.24, 2.45) is 0 Å². The Balaban J connectivity index is 2.36. The first-order valence-corrected chi connectivity index (χ1v) is 10.1. The Morgan fingerprint density at radius 2 is 1.81 bits per heavy atom. The molecule has 9 heteroatoms. The third-order valence-corrected chi connectivity index (χ3v) is 5.27. The van der Waals surface area contributed by atoms with Crippen LogP contribution in [0.5, 0.6) is 5.75 Å². The van der Waals surface area contributed by atoms with Crippen molar-refractivity contribution < 1.29 is 17.9 Å². The Kier molecular flexibility index (Phi) is 6.39. The van der Waals surface area contributed by atoms with Gasteiger partial charge in [0.1, 0.15) is 12.3 Å². The van der Waals surface area contributed by atoms with Crippen molar-refractivity contribution in [3.8, 4) is 5.75 Å². The summed E-state index contributed by atoms with van der Waals surface area (Å²) in [6, 6.07) is 9.84. The number of carbonyl (C=O) groups is 1. The van der Waals surface area contributed by atoms with Gasteiger partial charge in [-0.25, -0.2) is 8.42 Å². The van der Waals surface area contributed by atoms with Gasteiger partial charge in [0.25, 0.3) is 0 Å². The van der Waals surface area contributed by atoms with Gasteiger partial charge in [-0.15, -0.1) is 0 Å². The molecule has 0 fully saturated rings. The summed E-state index contributed by atoms with van der Waals surface area (Å²) in [6.45, 7) is 1.35. The van der Waals surface area contributed by atoms with Gasteiger partial charge in [-0.05, 0) is 36.8 Å². The smallest absolute Gasteiger partial charge is 0.245 e. The Morgan fingerprint density at radius 3 is 2.35 bits per heavy atom. The Bertz CT molecular complexity index is 912. The van der Waals surface area contributed by atoms with Crippen molar-refractivity contribution in [2.45, 2.75) is 6.92 Å².